The van der Waals surface area contributed by atoms with Gasteiger partial charge in [-0.3, -0.25) is 9.36 Å². The Kier molecular flexibility index (Phi) is 6.72. The van der Waals surface area contributed by atoms with Crippen LogP contribution in [-0.4, -0.2) is 69.5 Å². The molecule has 0 spiro atoms. The van der Waals surface area contributed by atoms with E-state index in [4.69, 9.17) is 11.6 Å². The van der Waals surface area contributed by atoms with Crippen LogP contribution in [0.5, 0.6) is 0 Å². The molecule has 1 aromatic heterocycles. The van der Waals surface area contributed by atoms with Gasteiger partial charge in [-0.2, -0.15) is 0 Å². The highest BCUT2D eigenvalue weighted by atomic mass is 35.5. The van der Waals surface area contributed by atoms with Gasteiger partial charge in [-0.15, -0.1) is 10.2 Å². The first kappa shape index (κ1) is 20.9. The van der Waals surface area contributed by atoms with E-state index in [9.17, 15) is 4.79 Å². The Morgan fingerprint density at radius 3 is 2.43 bits per heavy atom. The van der Waals surface area contributed by atoms with E-state index in [-0.39, 0.29) is 5.91 Å². The average molecular weight is 442 g/mol. The number of benzene rings is 2. The molecule has 30 heavy (non-hydrogen) atoms. The number of nitrogens with zero attached hydrogens (tertiary/aromatic N) is 5. The van der Waals surface area contributed by atoms with Gasteiger partial charge in [0.2, 0.25) is 5.91 Å². The van der Waals surface area contributed by atoms with Gasteiger partial charge < -0.3 is 9.80 Å². The molecule has 1 amide bonds. The number of aromatic nitrogens is 3. The van der Waals surface area contributed by atoms with Crippen LogP contribution in [0.3, 0.4) is 0 Å². The Morgan fingerprint density at radius 1 is 1.00 bits per heavy atom. The van der Waals surface area contributed by atoms with E-state index in [0.717, 1.165) is 42.5 Å². The largest absolute Gasteiger partial charge is 0.339 e. The minimum atomic E-state index is 0.140. The summed E-state index contributed by atoms with van der Waals surface area (Å²) in [7, 11) is 2.08. The van der Waals surface area contributed by atoms with Crippen LogP contribution in [0.4, 0.5) is 0 Å². The molecule has 1 aliphatic heterocycles. The SMILES string of the molecule is CN1CCN(C(=O)CSc2nnc(-c3ccccc3Cl)n2Cc2ccccc2)CC1. The average Bonchev–Trinajstić information content (AvgIpc) is 3.15. The Hall–Kier alpha value is -2.35. The lowest BCUT2D eigenvalue weighted by molar-refractivity contribution is -0.129. The van der Waals surface area contributed by atoms with E-state index >= 15 is 0 Å². The zero-order valence-corrected chi connectivity index (χ0v) is 18.4. The van der Waals surface area contributed by atoms with Crippen LogP contribution in [0, 0.1) is 0 Å². The molecular formula is C22H24ClN5OS. The van der Waals surface area contributed by atoms with E-state index in [1.54, 1.807) is 0 Å². The van der Waals surface area contributed by atoms with Crippen LogP contribution in [0.25, 0.3) is 11.4 Å². The highest BCUT2D eigenvalue weighted by Gasteiger charge is 2.22. The van der Waals surface area contributed by atoms with Crippen LogP contribution in [0.15, 0.2) is 59.8 Å². The third-order valence-electron chi connectivity index (χ3n) is 5.20. The summed E-state index contributed by atoms with van der Waals surface area (Å²) >= 11 is 7.86. The number of piperazine rings is 1. The fraction of sp³-hybridized carbons (Fsp3) is 0.318. The maximum absolute atomic E-state index is 12.7. The third-order valence-corrected chi connectivity index (χ3v) is 6.48. The van der Waals surface area contributed by atoms with Crippen molar-refractivity contribution >= 4 is 29.3 Å². The molecule has 8 heteroatoms. The summed E-state index contributed by atoms with van der Waals surface area (Å²) in [5, 5.41) is 10.2. The van der Waals surface area contributed by atoms with Crippen molar-refractivity contribution in [1.82, 2.24) is 24.6 Å². The molecule has 0 aliphatic carbocycles. The Morgan fingerprint density at radius 2 is 1.70 bits per heavy atom. The zero-order valence-electron chi connectivity index (χ0n) is 16.9. The van der Waals surface area contributed by atoms with Gasteiger partial charge in [-0.05, 0) is 24.7 Å². The second-order valence-electron chi connectivity index (χ2n) is 7.33. The first-order chi connectivity index (χ1) is 14.6. The van der Waals surface area contributed by atoms with E-state index in [1.165, 1.54) is 11.8 Å². The lowest BCUT2D eigenvalue weighted by Gasteiger charge is -2.32. The number of likely N-dealkylation sites (N-methyl/N-ethyl adjacent to an activating group) is 1. The molecule has 1 fully saturated rings. The van der Waals surface area contributed by atoms with Crippen molar-refractivity contribution in [2.24, 2.45) is 0 Å². The number of halogens is 1. The maximum Gasteiger partial charge on any atom is 0.233 e. The summed E-state index contributed by atoms with van der Waals surface area (Å²) in [6.07, 6.45) is 0. The van der Waals surface area contributed by atoms with Gasteiger partial charge in [0.25, 0.3) is 0 Å². The van der Waals surface area contributed by atoms with Gasteiger partial charge in [-0.25, -0.2) is 0 Å². The van der Waals surface area contributed by atoms with Crippen molar-refractivity contribution < 1.29 is 4.79 Å². The summed E-state index contributed by atoms with van der Waals surface area (Å²) in [4.78, 5) is 16.9. The van der Waals surface area contributed by atoms with Crippen LogP contribution < -0.4 is 0 Å². The maximum atomic E-state index is 12.7. The molecule has 0 bridgehead atoms. The number of thioether (sulfide) groups is 1. The predicted octanol–water partition coefficient (Wildman–Crippen LogP) is 3.51. The minimum absolute atomic E-state index is 0.140. The lowest BCUT2D eigenvalue weighted by atomic mass is 10.2. The zero-order chi connectivity index (χ0) is 20.9. The summed E-state index contributed by atoms with van der Waals surface area (Å²) in [5.41, 5.74) is 1.97. The molecule has 0 unspecified atom stereocenters. The van der Waals surface area contributed by atoms with Gasteiger partial charge in [0.15, 0.2) is 11.0 Å². The fourth-order valence-corrected chi connectivity index (χ4v) is 4.48. The summed E-state index contributed by atoms with van der Waals surface area (Å²) in [6, 6.07) is 17.8. The molecule has 0 radical (unpaired) electrons. The van der Waals surface area contributed by atoms with Crippen LogP contribution in [0.1, 0.15) is 5.56 Å². The molecule has 0 N–H and O–H groups in total. The number of carbonyl (C=O) groups excluding carboxylic acids is 1. The number of rotatable bonds is 6. The van der Waals surface area contributed by atoms with Crippen molar-refractivity contribution in [3.05, 3.63) is 65.2 Å². The van der Waals surface area contributed by atoms with Crippen molar-refractivity contribution in [3.8, 4) is 11.4 Å². The highest BCUT2D eigenvalue weighted by molar-refractivity contribution is 7.99. The molecule has 6 nitrogen and oxygen atoms in total. The van der Waals surface area contributed by atoms with Crippen molar-refractivity contribution in [1.29, 1.82) is 0 Å². The summed E-state index contributed by atoms with van der Waals surface area (Å²) in [6.45, 7) is 3.99. The fourth-order valence-electron chi connectivity index (χ4n) is 3.42. The second kappa shape index (κ2) is 9.64. The molecule has 3 aromatic rings. The first-order valence-corrected chi connectivity index (χ1v) is 11.3. The molecule has 1 aliphatic rings. The molecule has 2 aromatic carbocycles. The standard InChI is InChI=1S/C22H24ClN5OS/c1-26-11-13-27(14-12-26)20(29)16-30-22-25-24-21(18-9-5-6-10-19(18)23)28(22)15-17-7-3-2-4-8-17/h2-10H,11-16H2,1H3. The van der Waals surface area contributed by atoms with Gasteiger partial charge in [-0.1, -0.05) is 65.8 Å². The van der Waals surface area contributed by atoms with Gasteiger partial charge in [0, 0.05) is 31.7 Å². The summed E-state index contributed by atoms with van der Waals surface area (Å²) < 4.78 is 2.04. The monoisotopic (exact) mass is 441 g/mol. The first-order valence-electron chi connectivity index (χ1n) is 9.93. The topological polar surface area (TPSA) is 54.3 Å². The Labute approximate surface area is 185 Å². The van der Waals surface area contributed by atoms with Gasteiger partial charge in [0.05, 0.1) is 17.3 Å². The van der Waals surface area contributed by atoms with Crippen molar-refractivity contribution in [2.45, 2.75) is 11.7 Å². The number of carbonyl (C=O) groups is 1. The molecule has 2 heterocycles. The lowest BCUT2D eigenvalue weighted by Crippen LogP contribution is -2.47. The van der Waals surface area contributed by atoms with Gasteiger partial charge >= 0.3 is 0 Å². The smallest absolute Gasteiger partial charge is 0.233 e. The van der Waals surface area contributed by atoms with E-state index in [0.29, 0.717) is 23.1 Å². The quantitative estimate of drug-likeness (QED) is 0.548. The molecular weight excluding hydrogens is 418 g/mol. The third kappa shape index (κ3) is 4.86. The van der Waals surface area contributed by atoms with Crippen LogP contribution in [-0.2, 0) is 11.3 Å². The highest BCUT2D eigenvalue weighted by Crippen LogP contribution is 2.30. The molecule has 4 rings (SSSR count). The second-order valence-corrected chi connectivity index (χ2v) is 8.68. The number of amides is 1. The Balaban J connectivity index is 1.56. The van der Waals surface area contributed by atoms with E-state index in [2.05, 4.69) is 34.3 Å². The minimum Gasteiger partial charge on any atom is -0.339 e. The molecule has 0 saturated carbocycles. The Bertz CT molecular complexity index is 1000. The van der Waals surface area contributed by atoms with E-state index in [1.807, 2.05) is 51.9 Å². The van der Waals surface area contributed by atoms with Crippen molar-refractivity contribution in [2.75, 3.05) is 39.0 Å². The predicted molar refractivity (Wildman–Crippen MR) is 121 cm³/mol. The number of hydrogen-bond donors (Lipinski definition) is 0. The van der Waals surface area contributed by atoms with Crippen LogP contribution >= 0.6 is 23.4 Å². The van der Waals surface area contributed by atoms with Crippen molar-refractivity contribution in [3.63, 3.8) is 0 Å². The molecule has 0 atom stereocenters. The normalized spacial score (nSPS) is 14.8. The molecule has 1 saturated heterocycles. The van der Waals surface area contributed by atoms with Gasteiger partial charge in [0.1, 0.15) is 0 Å². The van der Waals surface area contributed by atoms with Crippen LogP contribution in [0.2, 0.25) is 5.02 Å². The molecule has 156 valence electrons. The van der Waals surface area contributed by atoms with E-state index < -0.39 is 0 Å². The number of hydrogen-bond acceptors (Lipinski definition) is 5. The summed E-state index contributed by atoms with van der Waals surface area (Å²) in [5.74, 6) is 1.19.